The van der Waals surface area contributed by atoms with Crippen molar-refractivity contribution in [1.82, 2.24) is 0 Å². The molecule has 0 aromatic heterocycles. The fourth-order valence-electron chi connectivity index (χ4n) is 0.189. The largest absolute Gasteiger partial charge is 0.432 e. The number of oxime groups is 1. The van der Waals surface area contributed by atoms with Crippen LogP contribution in [0, 0.1) is 0 Å². The maximum absolute atomic E-state index is 11.4. The van der Waals surface area contributed by atoms with E-state index < -0.39 is 11.9 Å². The van der Waals surface area contributed by atoms with Crippen molar-refractivity contribution in [1.29, 1.82) is 0 Å². The second kappa shape index (κ2) is 2.70. The molecular weight excluding hydrogens is 135 g/mol. The van der Waals surface area contributed by atoms with Gasteiger partial charge in [-0.15, -0.1) is 0 Å². The van der Waals surface area contributed by atoms with Gasteiger partial charge in [0.2, 0.25) is 0 Å². The summed E-state index contributed by atoms with van der Waals surface area (Å²) >= 11 is 0. The summed E-state index contributed by atoms with van der Waals surface area (Å²) in [7, 11) is 1.06. The smallest absolute Gasteiger partial charge is 0.399 e. The van der Waals surface area contributed by atoms with Gasteiger partial charge in [-0.3, -0.25) is 0 Å². The second-order valence-corrected chi connectivity index (χ2v) is 1.36. The van der Waals surface area contributed by atoms with Gasteiger partial charge >= 0.3 is 6.18 Å². The molecule has 0 aliphatic heterocycles. The number of rotatable bonds is 1. The third-order valence-electron chi connectivity index (χ3n) is 0.638. The molecule has 9 heavy (non-hydrogen) atoms. The van der Waals surface area contributed by atoms with Gasteiger partial charge in [0.15, 0.2) is 5.71 Å². The van der Waals surface area contributed by atoms with Crippen molar-refractivity contribution in [3.8, 4) is 0 Å². The van der Waals surface area contributed by atoms with Crippen molar-refractivity contribution in [2.75, 3.05) is 7.11 Å². The van der Waals surface area contributed by atoms with E-state index in [9.17, 15) is 13.2 Å². The summed E-state index contributed by atoms with van der Waals surface area (Å²) in [4.78, 5) is 3.90. The van der Waals surface area contributed by atoms with E-state index in [1.165, 1.54) is 0 Å². The van der Waals surface area contributed by atoms with E-state index >= 15 is 0 Å². The fourth-order valence-corrected chi connectivity index (χ4v) is 0.189. The van der Waals surface area contributed by atoms with E-state index in [0.717, 1.165) is 14.0 Å². The molecule has 0 aromatic rings. The summed E-state index contributed by atoms with van der Waals surface area (Å²) in [5.74, 6) is 0. The number of alkyl halides is 3. The van der Waals surface area contributed by atoms with Gasteiger partial charge < -0.3 is 4.84 Å². The first-order valence-electron chi connectivity index (χ1n) is 2.13. The Balaban J connectivity index is 4.03. The van der Waals surface area contributed by atoms with Crippen LogP contribution in [0.1, 0.15) is 6.92 Å². The van der Waals surface area contributed by atoms with Crippen LogP contribution >= 0.6 is 0 Å². The van der Waals surface area contributed by atoms with Crippen molar-refractivity contribution in [2.45, 2.75) is 13.1 Å². The lowest BCUT2D eigenvalue weighted by Gasteiger charge is -2.02. The van der Waals surface area contributed by atoms with Crippen LogP contribution in [-0.2, 0) is 4.84 Å². The normalized spacial score (nSPS) is 13.7. The highest BCUT2D eigenvalue weighted by molar-refractivity contribution is 5.86. The molecule has 0 amide bonds. The zero-order chi connectivity index (χ0) is 7.49. The Kier molecular flexibility index (Phi) is 2.48. The standard InChI is InChI=1S/C4H6F3NO/c1-3(8-9-2)4(5,6)7/h1-2H3/b8-3-. The van der Waals surface area contributed by atoms with Crippen LogP contribution in [0.3, 0.4) is 0 Å². The molecule has 5 heteroatoms. The predicted molar refractivity (Wildman–Crippen MR) is 26.2 cm³/mol. The molecule has 0 aliphatic rings. The van der Waals surface area contributed by atoms with Crippen LogP contribution < -0.4 is 0 Å². The zero-order valence-corrected chi connectivity index (χ0v) is 4.99. The molecule has 0 rings (SSSR count). The Labute approximate surface area is 50.3 Å². The van der Waals surface area contributed by atoms with Gasteiger partial charge in [-0.05, 0) is 6.92 Å². The molecule has 0 saturated carbocycles. The summed E-state index contributed by atoms with van der Waals surface area (Å²) in [6, 6.07) is 0. The summed E-state index contributed by atoms with van der Waals surface area (Å²) in [5.41, 5.74) is -0.981. The van der Waals surface area contributed by atoms with Crippen molar-refractivity contribution in [3.63, 3.8) is 0 Å². The molecule has 0 spiro atoms. The van der Waals surface area contributed by atoms with Gasteiger partial charge in [0, 0.05) is 0 Å². The summed E-state index contributed by atoms with van der Waals surface area (Å²) in [6.07, 6.45) is -4.37. The summed E-state index contributed by atoms with van der Waals surface area (Å²) in [6.45, 7) is 0.837. The minimum atomic E-state index is -4.37. The molecule has 54 valence electrons. The first kappa shape index (κ1) is 8.26. The Morgan fingerprint density at radius 3 is 2.00 bits per heavy atom. The molecule has 0 aliphatic carbocycles. The molecule has 2 nitrogen and oxygen atoms in total. The van der Waals surface area contributed by atoms with E-state index in [2.05, 4.69) is 9.99 Å². The second-order valence-electron chi connectivity index (χ2n) is 1.36. The summed E-state index contributed by atoms with van der Waals surface area (Å²) in [5, 5.41) is 2.69. The minimum absolute atomic E-state index is 0.837. The van der Waals surface area contributed by atoms with Crippen LogP contribution in [0.25, 0.3) is 0 Å². The van der Waals surface area contributed by atoms with Gasteiger partial charge in [-0.2, -0.15) is 13.2 Å². The molecular formula is C4H6F3NO. The predicted octanol–water partition coefficient (Wildman–Crippen LogP) is 1.57. The van der Waals surface area contributed by atoms with Gasteiger partial charge in [-0.1, -0.05) is 5.16 Å². The van der Waals surface area contributed by atoms with Crippen molar-refractivity contribution < 1.29 is 18.0 Å². The molecule has 0 saturated heterocycles. The van der Waals surface area contributed by atoms with Gasteiger partial charge in [0.25, 0.3) is 0 Å². The molecule has 0 aromatic carbocycles. The highest BCUT2D eigenvalue weighted by Crippen LogP contribution is 2.16. The molecule has 0 bridgehead atoms. The van der Waals surface area contributed by atoms with E-state index in [0.29, 0.717) is 0 Å². The number of hydrogen-bond donors (Lipinski definition) is 0. The van der Waals surface area contributed by atoms with Gasteiger partial charge in [0.05, 0.1) is 0 Å². The lowest BCUT2D eigenvalue weighted by atomic mass is 10.4. The summed E-state index contributed by atoms with van der Waals surface area (Å²) < 4.78 is 34.3. The zero-order valence-electron chi connectivity index (χ0n) is 4.99. The van der Waals surface area contributed by atoms with E-state index in [4.69, 9.17) is 0 Å². The minimum Gasteiger partial charge on any atom is -0.399 e. The molecule has 0 fully saturated rings. The lowest BCUT2D eigenvalue weighted by Crippen LogP contribution is -2.19. The van der Waals surface area contributed by atoms with Crippen molar-refractivity contribution >= 4 is 5.71 Å². The highest BCUT2D eigenvalue weighted by atomic mass is 19.4. The molecule has 0 atom stereocenters. The van der Waals surface area contributed by atoms with Crippen LogP contribution in [0.15, 0.2) is 5.16 Å². The quantitative estimate of drug-likeness (QED) is 0.401. The molecule has 0 heterocycles. The monoisotopic (exact) mass is 141 g/mol. The van der Waals surface area contributed by atoms with E-state index in [-0.39, 0.29) is 0 Å². The molecule has 0 N–H and O–H groups in total. The van der Waals surface area contributed by atoms with Gasteiger partial charge in [0.1, 0.15) is 7.11 Å². The lowest BCUT2D eigenvalue weighted by molar-refractivity contribution is -0.0620. The van der Waals surface area contributed by atoms with Crippen LogP contribution in [0.5, 0.6) is 0 Å². The number of nitrogens with zero attached hydrogens (tertiary/aromatic N) is 1. The Hall–Kier alpha value is -0.740. The highest BCUT2D eigenvalue weighted by Gasteiger charge is 2.32. The first-order chi connectivity index (χ1) is 3.98. The third-order valence-corrected chi connectivity index (χ3v) is 0.638. The first-order valence-corrected chi connectivity index (χ1v) is 2.13. The Morgan fingerprint density at radius 2 is 1.89 bits per heavy atom. The third kappa shape index (κ3) is 2.94. The van der Waals surface area contributed by atoms with Crippen LogP contribution in [0.2, 0.25) is 0 Å². The number of halogens is 3. The SMILES string of the molecule is CO/N=C(/C)C(F)(F)F. The van der Waals surface area contributed by atoms with E-state index in [1.54, 1.807) is 0 Å². The van der Waals surface area contributed by atoms with Crippen molar-refractivity contribution in [3.05, 3.63) is 0 Å². The molecule has 0 unspecified atom stereocenters. The maximum Gasteiger partial charge on any atom is 0.432 e. The Morgan fingerprint density at radius 1 is 1.44 bits per heavy atom. The number of hydrogen-bond acceptors (Lipinski definition) is 2. The fraction of sp³-hybridized carbons (Fsp3) is 0.750. The molecule has 0 radical (unpaired) electrons. The topological polar surface area (TPSA) is 21.6 Å². The van der Waals surface area contributed by atoms with E-state index in [1.807, 2.05) is 0 Å². The van der Waals surface area contributed by atoms with Crippen LogP contribution in [0.4, 0.5) is 13.2 Å². The average molecular weight is 141 g/mol. The van der Waals surface area contributed by atoms with Crippen LogP contribution in [-0.4, -0.2) is 19.0 Å². The maximum atomic E-state index is 11.4. The van der Waals surface area contributed by atoms with Gasteiger partial charge in [-0.25, -0.2) is 0 Å². The average Bonchev–Trinajstić information content (AvgIpc) is 1.64. The van der Waals surface area contributed by atoms with Crippen molar-refractivity contribution in [2.24, 2.45) is 5.16 Å². The Bertz CT molecular complexity index is 117.